The molecule has 0 aromatic carbocycles. The zero-order valence-corrected chi connectivity index (χ0v) is 14.3. The number of sulfonamides is 1. The van der Waals surface area contributed by atoms with Gasteiger partial charge in [0.05, 0.1) is 0 Å². The van der Waals surface area contributed by atoms with Crippen molar-refractivity contribution in [1.29, 1.82) is 0 Å². The predicted molar refractivity (Wildman–Crippen MR) is 83.0 cm³/mol. The van der Waals surface area contributed by atoms with Crippen LogP contribution in [0.2, 0.25) is 0 Å². The van der Waals surface area contributed by atoms with Gasteiger partial charge in [-0.3, -0.25) is 4.79 Å². The highest BCUT2D eigenvalue weighted by atomic mass is 32.2. The van der Waals surface area contributed by atoms with Crippen molar-refractivity contribution < 1.29 is 13.2 Å². The van der Waals surface area contributed by atoms with E-state index in [-0.39, 0.29) is 0 Å². The smallest absolute Gasteiger partial charge is 0.239 e. The van der Waals surface area contributed by atoms with Crippen LogP contribution in [0.1, 0.15) is 53.9 Å². The first kappa shape index (κ1) is 19.4. The Morgan fingerprint density at radius 2 is 1.60 bits per heavy atom. The molecule has 0 aromatic heterocycles. The third-order valence-corrected chi connectivity index (χ3v) is 5.34. The lowest BCUT2D eigenvalue weighted by Gasteiger charge is -2.24. The van der Waals surface area contributed by atoms with Crippen LogP contribution in [0.5, 0.6) is 0 Å². The molecule has 0 aliphatic heterocycles. The lowest BCUT2D eigenvalue weighted by molar-refractivity contribution is -0.120. The molecule has 1 unspecified atom stereocenters. The Labute approximate surface area is 124 Å². The summed E-state index contributed by atoms with van der Waals surface area (Å²) in [6.45, 7) is 10.9. The molecule has 0 aliphatic rings. The molecule has 0 saturated heterocycles. The molecule has 0 aromatic rings. The third-order valence-electron chi connectivity index (χ3n) is 3.14. The molecule has 0 heterocycles. The van der Waals surface area contributed by atoms with Crippen LogP contribution < -0.4 is 5.32 Å². The summed E-state index contributed by atoms with van der Waals surface area (Å²) in [6, 6.07) is 0. The van der Waals surface area contributed by atoms with Gasteiger partial charge in [-0.25, -0.2) is 12.7 Å². The van der Waals surface area contributed by atoms with Gasteiger partial charge in [-0.15, -0.1) is 0 Å². The molecule has 1 amide bonds. The highest BCUT2D eigenvalue weighted by Crippen LogP contribution is 2.11. The van der Waals surface area contributed by atoms with E-state index in [1.165, 1.54) is 11.2 Å². The lowest BCUT2D eigenvalue weighted by Crippen LogP contribution is -2.46. The second-order valence-corrected chi connectivity index (χ2v) is 7.81. The molecule has 6 heteroatoms. The molecule has 0 rings (SSSR count). The zero-order valence-electron chi connectivity index (χ0n) is 13.5. The Hall–Kier alpha value is -0.620. The van der Waals surface area contributed by atoms with Gasteiger partial charge in [0.15, 0.2) is 5.25 Å². The molecule has 0 radical (unpaired) electrons. The maximum Gasteiger partial charge on any atom is 0.239 e. The van der Waals surface area contributed by atoms with Crippen LogP contribution in [0.3, 0.4) is 0 Å². The van der Waals surface area contributed by atoms with Crippen molar-refractivity contribution in [1.82, 2.24) is 9.62 Å². The molecular formula is C14H30N2O3S. The molecule has 0 spiro atoms. The Kier molecular flexibility index (Phi) is 9.05. The molecule has 1 atom stereocenters. The monoisotopic (exact) mass is 306 g/mol. The van der Waals surface area contributed by atoms with Crippen LogP contribution in [0.15, 0.2) is 0 Å². The molecule has 0 saturated carbocycles. The maximum atomic E-state index is 12.4. The zero-order chi connectivity index (χ0) is 15.8. The fourth-order valence-electron chi connectivity index (χ4n) is 1.85. The van der Waals surface area contributed by atoms with Crippen LogP contribution in [0, 0.1) is 5.92 Å². The van der Waals surface area contributed by atoms with Crippen molar-refractivity contribution in [3.05, 3.63) is 0 Å². The fraction of sp³-hybridized carbons (Fsp3) is 0.929. The van der Waals surface area contributed by atoms with E-state index in [0.29, 0.717) is 25.6 Å². The highest BCUT2D eigenvalue weighted by Gasteiger charge is 2.32. The van der Waals surface area contributed by atoms with E-state index in [1.807, 2.05) is 13.8 Å². The molecule has 120 valence electrons. The highest BCUT2D eigenvalue weighted by molar-refractivity contribution is 7.90. The number of nitrogens with zero attached hydrogens (tertiary/aromatic N) is 1. The van der Waals surface area contributed by atoms with Crippen molar-refractivity contribution in [2.75, 3.05) is 19.6 Å². The number of carbonyl (C=O) groups excluding carboxylic acids is 1. The Bertz CT molecular complexity index is 374. The summed E-state index contributed by atoms with van der Waals surface area (Å²) < 4.78 is 26.3. The Morgan fingerprint density at radius 1 is 1.10 bits per heavy atom. The summed E-state index contributed by atoms with van der Waals surface area (Å²) in [4.78, 5) is 12.0. The maximum absolute atomic E-state index is 12.4. The summed E-state index contributed by atoms with van der Waals surface area (Å²) in [5, 5.41) is 1.69. The fourth-order valence-corrected chi connectivity index (χ4v) is 3.53. The topological polar surface area (TPSA) is 66.5 Å². The molecule has 5 nitrogen and oxygen atoms in total. The average Bonchev–Trinajstić information content (AvgIpc) is 2.36. The summed E-state index contributed by atoms with van der Waals surface area (Å²) in [5.74, 6) is 0.0850. The van der Waals surface area contributed by atoms with Crippen molar-refractivity contribution in [2.45, 2.75) is 59.1 Å². The second kappa shape index (κ2) is 9.34. The minimum absolute atomic E-state index is 0.400. The van der Waals surface area contributed by atoms with Gasteiger partial charge in [0, 0.05) is 19.6 Å². The van der Waals surface area contributed by atoms with Crippen molar-refractivity contribution in [3.63, 3.8) is 0 Å². The van der Waals surface area contributed by atoms with Gasteiger partial charge in [-0.2, -0.15) is 0 Å². The van der Waals surface area contributed by atoms with Gasteiger partial charge in [0.25, 0.3) is 0 Å². The molecule has 0 fully saturated rings. The quantitative estimate of drug-likeness (QED) is 0.671. The first-order valence-electron chi connectivity index (χ1n) is 7.53. The van der Waals surface area contributed by atoms with Gasteiger partial charge in [0.1, 0.15) is 0 Å². The van der Waals surface area contributed by atoms with Gasteiger partial charge in [-0.05, 0) is 32.1 Å². The largest absolute Gasteiger partial charge is 0.355 e. The molecule has 0 bridgehead atoms. The molecule has 0 aliphatic carbocycles. The average molecular weight is 306 g/mol. The minimum Gasteiger partial charge on any atom is -0.355 e. The predicted octanol–water partition coefficient (Wildman–Crippen LogP) is 1.99. The van der Waals surface area contributed by atoms with E-state index in [0.717, 1.165) is 19.3 Å². The van der Waals surface area contributed by atoms with E-state index in [9.17, 15) is 13.2 Å². The van der Waals surface area contributed by atoms with Crippen molar-refractivity contribution in [2.24, 2.45) is 5.92 Å². The van der Waals surface area contributed by atoms with Crippen LogP contribution in [0.4, 0.5) is 0 Å². The summed E-state index contributed by atoms with van der Waals surface area (Å²) in [7, 11) is -3.55. The van der Waals surface area contributed by atoms with Gasteiger partial charge < -0.3 is 5.32 Å². The number of carbonyl (C=O) groups is 1. The summed E-state index contributed by atoms with van der Waals surface area (Å²) >= 11 is 0. The molecular weight excluding hydrogens is 276 g/mol. The number of amides is 1. The normalized spacial score (nSPS) is 13.8. The number of rotatable bonds is 10. The first-order chi connectivity index (χ1) is 9.27. The van der Waals surface area contributed by atoms with E-state index in [4.69, 9.17) is 0 Å². The molecule has 20 heavy (non-hydrogen) atoms. The standard InChI is InChI=1S/C14H30N2O3S/c1-6-10-16(11-7-2)20(18,19)13(5)14(17)15-9-8-12(3)4/h12-13H,6-11H2,1-5H3,(H,15,17). The van der Waals surface area contributed by atoms with E-state index in [1.54, 1.807) is 0 Å². The SMILES string of the molecule is CCCN(CCC)S(=O)(=O)C(C)C(=O)NCCC(C)C. The Balaban J connectivity index is 4.68. The van der Waals surface area contributed by atoms with Gasteiger partial charge in [-0.1, -0.05) is 27.7 Å². The minimum atomic E-state index is -3.55. The van der Waals surface area contributed by atoms with Gasteiger partial charge >= 0.3 is 0 Å². The van der Waals surface area contributed by atoms with Crippen molar-refractivity contribution in [3.8, 4) is 0 Å². The molecule has 1 N–H and O–H groups in total. The Morgan fingerprint density at radius 3 is 2.00 bits per heavy atom. The number of hydrogen-bond acceptors (Lipinski definition) is 3. The van der Waals surface area contributed by atoms with Crippen LogP contribution in [-0.4, -0.2) is 43.5 Å². The van der Waals surface area contributed by atoms with E-state index >= 15 is 0 Å². The van der Waals surface area contributed by atoms with Crippen LogP contribution in [0.25, 0.3) is 0 Å². The number of hydrogen-bond donors (Lipinski definition) is 1. The van der Waals surface area contributed by atoms with E-state index in [2.05, 4.69) is 19.2 Å². The lowest BCUT2D eigenvalue weighted by atomic mass is 10.1. The van der Waals surface area contributed by atoms with Gasteiger partial charge in [0.2, 0.25) is 15.9 Å². The van der Waals surface area contributed by atoms with Crippen molar-refractivity contribution >= 4 is 15.9 Å². The van der Waals surface area contributed by atoms with E-state index < -0.39 is 21.2 Å². The summed E-state index contributed by atoms with van der Waals surface area (Å²) in [6.07, 6.45) is 2.36. The third kappa shape index (κ3) is 6.22. The number of nitrogens with one attached hydrogen (secondary N) is 1. The van der Waals surface area contributed by atoms with Crippen LogP contribution >= 0.6 is 0 Å². The summed E-state index contributed by atoms with van der Waals surface area (Å²) in [5.41, 5.74) is 0. The van der Waals surface area contributed by atoms with Crippen LogP contribution in [-0.2, 0) is 14.8 Å². The first-order valence-corrected chi connectivity index (χ1v) is 9.04. The second-order valence-electron chi connectivity index (χ2n) is 5.56.